The van der Waals surface area contributed by atoms with Crippen LogP contribution in [0.15, 0.2) is 24.3 Å². The highest BCUT2D eigenvalue weighted by Crippen LogP contribution is 2.15. The van der Waals surface area contributed by atoms with Crippen LogP contribution in [0.2, 0.25) is 0 Å². The molecule has 1 aromatic rings. The second-order valence-corrected chi connectivity index (χ2v) is 4.34. The molecule has 0 aliphatic heterocycles. The number of likely N-dealkylation sites (N-methyl/N-ethyl adjacent to an activating group) is 1. The van der Waals surface area contributed by atoms with E-state index >= 15 is 0 Å². The second-order valence-electron chi connectivity index (χ2n) is 4.34. The molecule has 0 saturated carbocycles. The van der Waals surface area contributed by atoms with Gasteiger partial charge >= 0.3 is 0 Å². The molecule has 1 aromatic carbocycles. The van der Waals surface area contributed by atoms with Gasteiger partial charge in [0.25, 0.3) is 0 Å². The van der Waals surface area contributed by atoms with Gasteiger partial charge in [-0.15, -0.1) is 0 Å². The molecule has 0 heterocycles. The van der Waals surface area contributed by atoms with Crippen molar-refractivity contribution in [2.45, 2.75) is 26.0 Å². The van der Waals surface area contributed by atoms with Gasteiger partial charge in [0, 0.05) is 0 Å². The summed E-state index contributed by atoms with van der Waals surface area (Å²) in [6.07, 6.45) is 0. The lowest BCUT2D eigenvalue weighted by atomic mass is 10.1. The van der Waals surface area contributed by atoms with Gasteiger partial charge in [0.2, 0.25) is 0 Å². The van der Waals surface area contributed by atoms with Crippen molar-refractivity contribution in [1.82, 2.24) is 5.32 Å². The van der Waals surface area contributed by atoms with Crippen molar-refractivity contribution in [2.24, 2.45) is 0 Å². The van der Waals surface area contributed by atoms with Crippen molar-refractivity contribution < 1.29 is 14.9 Å². The Morgan fingerprint density at radius 2 is 2.12 bits per heavy atom. The van der Waals surface area contributed by atoms with Crippen molar-refractivity contribution in [2.75, 3.05) is 19.8 Å². The molecule has 0 spiro atoms. The molecule has 17 heavy (non-hydrogen) atoms. The fraction of sp³-hybridized carbons (Fsp3) is 0.538. The average molecular weight is 239 g/mol. The lowest BCUT2D eigenvalue weighted by Gasteiger charge is -2.28. The molecule has 0 amide bonds. The zero-order valence-corrected chi connectivity index (χ0v) is 10.4. The molecule has 4 heteroatoms. The fourth-order valence-corrected chi connectivity index (χ4v) is 1.56. The Morgan fingerprint density at radius 3 is 2.71 bits per heavy atom. The minimum absolute atomic E-state index is 0.00166. The summed E-state index contributed by atoms with van der Waals surface area (Å²) in [5.74, 6) is 0.703. The van der Waals surface area contributed by atoms with Gasteiger partial charge in [0.1, 0.15) is 12.4 Å². The first-order valence-corrected chi connectivity index (χ1v) is 5.82. The van der Waals surface area contributed by atoms with Crippen LogP contribution in [0.25, 0.3) is 0 Å². The average Bonchev–Trinajstić information content (AvgIpc) is 2.37. The van der Waals surface area contributed by atoms with E-state index in [9.17, 15) is 5.11 Å². The van der Waals surface area contributed by atoms with Crippen molar-refractivity contribution in [1.29, 1.82) is 0 Å². The Balaban J connectivity index is 2.59. The van der Waals surface area contributed by atoms with E-state index in [1.807, 2.05) is 32.0 Å². The monoisotopic (exact) mass is 239 g/mol. The molecule has 0 aromatic heterocycles. The van der Waals surface area contributed by atoms with Crippen molar-refractivity contribution in [3.8, 4) is 5.75 Å². The summed E-state index contributed by atoms with van der Waals surface area (Å²) < 4.78 is 5.62. The quantitative estimate of drug-likeness (QED) is 0.662. The molecule has 0 aliphatic carbocycles. The third-order valence-corrected chi connectivity index (χ3v) is 2.59. The molecule has 1 rings (SSSR count). The first-order chi connectivity index (χ1) is 8.13. The maximum Gasteiger partial charge on any atom is 0.119 e. The molecule has 0 radical (unpaired) electrons. The van der Waals surface area contributed by atoms with E-state index in [-0.39, 0.29) is 13.2 Å². The number of rotatable bonds is 7. The number of benzene rings is 1. The SMILES string of the molecule is CCNC(C)(CO)COc1cccc(CO)c1. The first-order valence-electron chi connectivity index (χ1n) is 5.82. The molecule has 0 fully saturated rings. The van der Waals surface area contributed by atoms with Crippen LogP contribution in [-0.2, 0) is 6.61 Å². The summed E-state index contributed by atoms with van der Waals surface area (Å²) in [5.41, 5.74) is 0.376. The summed E-state index contributed by atoms with van der Waals surface area (Å²) in [6.45, 7) is 5.07. The van der Waals surface area contributed by atoms with Gasteiger partial charge < -0.3 is 20.3 Å². The predicted octanol–water partition coefficient (Wildman–Crippen LogP) is 0.918. The fourth-order valence-electron chi connectivity index (χ4n) is 1.56. The summed E-state index contributed by atoms with van der Waals surface area (Å²) in [7, 11) is 0. The zero-order valence-electron chi connectivity index (χ0n) is 10.4. The van der Waals surface area contributed by atoms with Crippen molar-refractivity contribution in [3.05, 3.63) is 29.8 Å². The number of hydrogen-bond acceptors (Lipinski definition) is 4. The Hall–Kier alpha value is -1.10. The van der Waals surface area contributed by atoms with E-state index in [0.29, 0.717) is 12.4 Å². The molecule has 0 aliphatic rings. The van der Waals surface area contributed by atoms with Gasteiger partial charge in [-0.3, -0.25) is 0 Å². The van der Waals surface area contributed by atoms with Gasteiger partial charge in [-0.05, 0) is 31.2 Å². The van der Waals surface area contributed by atoms with Crippen LogP contribution >= 0.6 is 0 Å². The molecule has 0 bridgehead atoms. The summed E-state index contributed by atoms with van der Waals surface area (Å²) in [6, 6.07) is 7.31. The lowest BCUT2D eigenvalue weighted by Crippen LogP contribution is -2.50. The molecule has 0 saturated heterocycles. The van der Waals surface area contributed by atoms with Crippen LogP contribution in [0.3, 0.4) is 0 Å². The number of hydrogen-bond donors (Lipinski definition) is 3. The molecule has 96 valence electrons. The van der Waals surface area contributed by atoms with Gasteiger partial charge in [0.05, 0.1) is 18.8 Å². The molecule has 1 atom stereocenters. The molecule has 3 N–H and O–H groups in total. The molecule has 1 unspecified atom stereocenters. The Morgan fingerprint density at radius 1 is 1.35 bits per heavy atom. The number of aliphatic hydroxyl groups excluding tert-OH is 2. The Labute approximate surface area is 102 Å². The van der Waals surface area contributed by atoms with Gasteiger partial charge in [0.15, 0.2) is 0 Å². The standard InChI is InChI=1S/C13H21NO3/c1-3-14-13(2,9-16)10-17-12-6-4-5-11(7-12)8-15/h4-7,14-16H,3,8-10H2,1-2H3. The Bertz CT molecular complexity index is 343. The van der Waals surface area contributed by atoms with E-state index in [2.05, 4.69) is 5.32 Å². The maximum atomic E-state index is 9.31. The molecular weight excluding hydrogens is 218 g/mol. The van der Waals surface area contributed by atoms with E-state index < -0.39 is 5.54 Å². The van der Waals surface area contributed by atoms with Gasteiger partial charge in [-0.2, -0.15) is 0 Å². The topological polar surface area (TPSA) is 61.7 Å². The second kappa shape index (κ2) is 6.59. The van der Waals surface area contributed by atoms with Crippen LogP contribution < -0.4 is 10.1 Å². The smallest absolute Gasteiger partial charge is 0.119 e. The van der Waals surface area contributed by atoms with Crippen molar-refractivity contribution in [3.63, 3.8) is 0 Å². The van der Waals surface area contributed by atoms with Crippen LogP contribution in [-0.4, -0.2) is 35.5 Å². The maximum absolute atomic E-state index is 9.31. The number of ether oxygens (including phenoxy) is 1. The lowest BCUT2D eigenvalue weighted by molar-refractivity contribution is 0.117. The number of nitrogens with one attached hydrogen (secondary N) is 1. The van der Waals surface area contributed by atoms with Crippen LogP contribution in [0.5, 0.6) is 5.75 Å². The van der Waals surface area contributed by atoms with Gasteiger partial charge in [-0.1, -0.05) is 19.1 Å². The van der Waals surface area contributed by atoms with E-state index in [4.69, 9.17) is 9.84 Å². The summed E-state index contributed by atoms with van der Waals surface area (Å²) >= 11 is 0. The summed E-state index contributed by atoms with van der Waals surface area (Å²) in [5, 5.41) is 21.5. The van der Waals surface area contributed by atoms with Crippen LogP contribution in [0.4, 0.5) is 0 Å². The minimum Gasteiger partial charge on any atom is -0.492 e. The van der Waals surface area contributed by atoms with E-state index in [0.717, 1.165) is 12.1 Å². The highest BCUT2D eigenvalue weighted by Gasteiger charge is 2.22. The summed E-state index contributed by atoms with van der Waals surface area (Å²) in [4.78, 5) is 0. The van der Waals surface area contributed by atoms with E-state index in [1.54, 1.807) is 6.07 Å². The third-order valence-electron chi connectivity index (χ3n) is 2.59. The van der Waals surface area contributed by atoms with Crippen LogP contribution in [0.1, 0.15) is 19.4 Å². The largest absolute Gasteiger partial charge is 0.492 e. The zero-order chi connectivity index (χ0) is 12.7. The minimum atomic E-state index is -0.441. The van der Waals surface area contributed by atoms with Crippen molar-refractivity contribution >= 4 is 0 Å². The van der Waals surface area contributed by atoms with Crippen LogP contribution in [0, 0.1) is 0 Å². The van der Waals surface area contributed by atoms with Gasteiger partial charge in [-0.25, -0.2) is 0 Å². The normalized spacial score (nSPS) is 14.4. The molecular formula is C13H21NO3. The molecule has 4 nitrogen and oxygen atoms in total. The third kappa shape index (κ3) is 4.34. The van der Waals surface area contributed by atoms with E-state index in [1.165, 1.54) is 0 Å². The highest BCUT2D eigenvalue weighted by atomic mass is 16.5. The first kappa shape index (κ1) is 14.0. The Kier molecular flexibility index (Phi) is 5.41. The predicted molar refractivity (Wildman–Crippen MR) is 67.0 cm³/mol. The highest BCUT2D eigenvalue weighted by molar-refractivity contribution is 5.28. The number of aliphatic hydroxyl groups is 2.